The number of rotatable bonds is 9. The summed E-state index contributed by atoms with van der Waals surface area (Å²) in [5, 5.41) is 16.9. The zero-order valence-electron chi connectivity index (χ0n) is 21.2. The summed E-state index contributed by atoms with van der Waals surface area (Å²) in [6.45, 7) is 1.20. The van der Waals surface area contributed by atoms with Crippen molar-refractivity contribution in [3.8, 4) is 5.95 Å². The van der Waals surface area contributed by atoms with Gasteiger partial charge in [-0.25, -0.2) is 9.36 Å². The number of hydrogen-bond donors (Lipinski definition) is 7. The number of aromatic nitrogens is 4. The number of aromatic carboxylic acids is 1. The van der Waals surface area contributed by atoms with Crippen LogP contribution in [0.15, 0.2) is 70.7 Å². The lowest BCUT2D eigenvalue weighted by atomic mass is 10.2. The van der Waals surface area contributed by atoms with E-state index in [0.29, 0.717) is 0 Å². The van der Waals surface area contributed by atoms with Gasteiger partial charge in [-0.1, -0.05) is 0 Å². The molecule has 0 saturated heterocycles. The highest BCUT2D eigenvalue weighted by atomic mass is 32.2. The van der Waals surface area contributed by atoms with Crippen molar-refractivity contribution in [1.82, 2.24) is 15.0 Å². The molecule has 19 heteroatoms. The topological polar surface area (TPSA) is 268 Å². The van der Waals surface area contributed by atoms with Gasteiger partial charge < -0.3 is 26.8 Å². The summed E-state index contributed by atoms with van der Waals surface area (Å²) in [4.78, 5) is 33.3. The number of amides is 1. The molecular weight excluding hydrogens is 596 g/mol. The van der Waals surface area contributed by atoms with Crippen LogP contribution in [-0.4, -0.2) is 57.9 Å². The minimum atomic E-state index is -4.91. The van der Waals surface area contributed by atoms with Gasteiger partial charge in [-0.2, -0.15) is 16.8 Å². The summed E-state index contributed by atoms with van der Waals surface area (Å²) in [6, 6.07) is 9.79. The Morgan fingerprint density at radius 1 is 0.857 bits per heavy atom. The van der Waals surface area contributed by atoms with Gasteiger partial charge in [0.15, 0.2) is 0 Å². The van der Waals surface area contributed by atoms with Crippen molar-refractivity contribution in [2.24, 2.45) is 0 Å². The van der Waals surface area contributed by atoms with E-state index in [4.69, 9.17) is 5.73 Å². The fraction of sp³-hybridized carbons (Fsp3) is 0.0435. The minimum Gasteiger partial charge on any atom is -0.478 e. The lowest BCUT2D eigenvalue weighted by Gasteiger charge is -2.14. The zero-order chi connectivity index (χ0) is 30.8. The third kappa shape index (κ3) is 7.09. The zero-order valence-corrected chi connectivity index (χ0v) is 22.9. The molecule has 2 aromatic carbocycles. The van der Waals surface area contributed by atoms with Crippen molar-refractivity contribution in [3.63, 3.8) is 0 Å². The summed E-state index contributed by atoms with van der Waals surface area (Å²) in [5.74, 6) is -2.37. The average Bonchev–Trinajstić information content (AvgIpc) is 2.88. The first-order valence-electron chi connectivity index (χ1n) is 11.4. The van der Waals surface area contributed by atoms with E-state index in [9.17, 15) is 40.6 Å². The number of nitrogen functional groups attached to an aromatic ring is 1. The quantitative estimate of drug-likeness (QED) is 0.103. The van der Waals surface area contributed by atoms with Crippen LogP contribution in [-0.2, 0) is 25.0 Å². The first kappa shape index (κ1) is 29.7. The van der Waals surface area contributed by atoms with Gasteiger partial charge in [0.25, 0.3) is 20.2 Å². The number of nitrogens with two attached hydrogens (primary N) is 1. The van der Waals surface area contributed by atoms with E-state index >= 15 is 0 Å². The molecule has 0 radical (unpaired) electrons. The maximum absolute atomic E-state index is 12.3. The largest absolute Gasteiger partial charge is 0.478 e. The van der Waals surface area contributed by atoms with Crippen LogP contribution in [0.1, 0.15) is 17.3 Å². The van der Waals surface area contributed by atoms with Gasteiger partial charge in [0.1, 0.15) is 9.79 Å². The Labute approximate surface area is 237 Å². The van der Waals surface area contributed by atoms with E-state index in [0.717, 1.165) is 12.1 Å². The number of anilines is 6. The van der Waals surface area contributed by atoms with Crippen molar-refractivity contribution in [3.05, 3.63) is 66.5 Å². The van der Waals surface area contributed by atoms with E-state index < -0.39 is 41.9 Å². The van der Waals surface area contributed by atoms with Crippen molar-refractivity contribution < 1.29 is 45.2 Å². The van der Waals surface area contributed by atoms with Crippen LogP contribution in [0.4, 0.5) is 34.6 Å². The molecule has 2 heterocycles. The third-order valence-corrected chi connectivity index (χ3v) is 7.07. The summed E-state index contributed by atoms with van der Waals surface area (Å²) in [7, 11) is -9.71. The molecule has 1 amide bonds. The fourth-order valence-electron chi connectivity index (χ4n) is 3.59. The predicted molar refractivity (Wildman–Crippen MR) is 146 cm³/mol. The molecule has 0 fully saturated rings. The monoisotopic (exact) mass is 617 g/mol. The number of carbonyl (C=O) groups excluding carboxylic acids is 1. The molecular formula is C23H21N8O9S2+. The summed E-state index contributed by atoms with van der Waals surface area (Å²) >= 11 is 0. The molecule has 0 unspecified atom stereocenters. The number of carboxylic acid groups (broad SMARTS) is 1. The lowest BCUT2D eigenvalue weighted by molar-refractivity contribution is -0.603. The molecule has 218 valence electrons. The molecule has 4 aromatic rings. The number of pyridine rings is 1. The van der Waals surface area contributed by atoms with Gasteiger partial charge in [0.2, 0.25) is 5.91 Å². The molecule has 2 aromatic heterocycles. The number of hydrogen-bond acceptors (Lipinski definition) is 12. The number of nitrogens with one attached hydrogen (secondary N) is 3. The van der Waals surface area contributed by atoms with Crippen LogP contribution < -0.4 is 26.3 Å². The Kier molecular flexibility index (Phi) is 8.02. The van der Waals surface area contributed by atoms with Crippen LogP contribution in [0, 0.1) is 0 Å². The number of nitrogens with zero attached hydrogens (tertiary/aromatic N) is 4. The van der Waals surface area contributed by atoms with Gasteiger partial charge in [-0.05, 0) is 58.5 Å². The van der Waals surface area contributed by atoms with Crippen LogP contribution in [0.2, 0.25) is 0 Å². The Morgan fingerprint density at radius 3 is 2.05 bits per heavy atom. The minimum absolute atomic E-state index is 0.0257. The molecule has 42 heavy (non-hydrogen) atoms. The second kappa shape index (κ2) is 11.3. The molecule has 4 rings (SSSR count). The molecule has 0 spiro atoms. The van der Waals surface area contributed by atoms with Crippen molar-refractivity contribution in [2.45, 2.75) is 16.7 Å². The van der Waals surface area contributed by atoms with Gasteiger partial charge in [-0.3, -0.25) is 13.9 Å². The van der Waals surface area contributed by atoms with Gasteiger partial charge in [0.05, 0.1) is 29.3 Å². The maximum atomic E-state index is 12.3. The fourth-order valence-corrected chi connectivity index (χ4v) is 4.94. The van der Waals surface area contributed by atoms with Crippen molar-refractivity contribution in [2.75, 3.05) is 21.7 Å². The van der Waals surface area contributed by atoms with Gasteiger partial charge in [0, 0.05) is 18.3 Å². The van der Waals surface area contributed by atoms with E-state index in [2.05, 4.69) is 30.9 Å². The molecule has 0 bridgehead atoms. The molecule has 0 aliphatic rings. The Bertz CT molecular complexity index is 1950. The highest BCUT2D eigenvalue weighted by Gasteiger charge is 2.23. The summed E-state index contributed by atoms with van der Waals surface area (Å²) < 4.78 is 69.3. The van der Waals surface area contributed by atoms with E-state index in [1.165, 1.54) is 60.3 Å². The average molecular weight is 618 g/mol. The Morgan fingerprint density at radius 2 is 1.45 bits per heavy atom. The van der Waals surface area contributed by atoms with Crippen molar-refractivity contribution >= 4 is 66.8 Å². The maximum Gasteiger partial charge on any atom is 0.444 e. The molecule has 0 aliphatic heterocycles. The summed E-state index contributed by atoms with van der Waals surface area (Å²) in [5.41, 5.74) is 5.33. The van der Waals surface area contributed by atoms with E-state index in [1.54, 1.807) is 0 Å². The van der Waals surface area contributed by atoms with Crippen LogP contribution in [0.25, 0.3) is 5.95 Å². The normalized spacial score (nSPS) is 11.5. The highest BCUT2D eigenvalue weighted by molar-refractivity contribution is 7.86. The molecule has 0 aliphatic carbocycles. The van der Waals surface area contributed by atoms with E-state index in [-0.39, 0.29) is 46.2 Å². The second-order valence-corrected chi connectivity index (χ2v) is 11.2. The summed E-state index contributed by atoms with van der Waals surface area (Å²) in [6.07, 6.45) is 2.66. The lowest BCUT2D eigenvalue weighted by Crippen LogP contribution is -2.34. The highest BCUT2D eigenvalue weighted by Crippen LogP contribution is 2.32. The number of benzene rings is 2. The number of carbonyl (C=O) groups is 2. The second-order valence-electron chi connectivity index (χ2n) is 8.43. The SMILES string of the molecule is CC(=O)Nc1ccc(Nc2ccc(Nc3nc(N)nc(-[n+]4cccc(C(=O)O)c4)n3)c(S(=O)(=O)O)c2)c(S(=O)(=O)O)c1. The van der Waals surface area contributed by atoms with Crippen LogP contribution in [0.3, 0.4) is 0 Å². The first-order chi connectivity index (χ1) is 19.6. The number of carboxylic acids is 1. The third-order valence-electron chi connectivity index (χ3n) is 5.28. The molecule has 8 N–H and O–H groups in total. The van der Waals surface area contributed by atoms with Gasteiger partial charge >= 0.3 is 23.8 Å². The predicted octanol–water partition coefficient (Wildman–Crippen LogP) is 1.37. The Hall–Kier alpha value is -5.24. The van der Waals surface area contributed by atoms with Crippen LogP contribution >= 0.6 is 0 Å². The molecule has 17 nitrogen and oxygen atoms in total. The smallest absolute Gasteiger partial charge is 0.444 e. The first-order valence-corrected chi connectivity index (χ1v) is 14.3. The van der Waals surface area contributed by atoms with E-state index in [1.807, 2.05) is 0 Å². The molecule has 0 saturated carbocycles. The van der Waals surface area contributed by atoms with Gasteiger partial charge in [-0.15, -0.1) is 4.98 Å². The van der Waals surface area contributed by atoms with Crippen LogP contribution in [0.5, 0.6) is 0 Å². The molecule has 0 atom stereocenters. The standard InChI is InChI=1S/C23H20N8O9S2/c1-12(32)25-14-4-6-16(18(9-14)41(35,36)37)26-15-5-7-17(19(10-15)42(38,39)40)27-22-28-21(24)29-23(30-22)31-8-2-3-13(11-31)20(33)34/h2-11,26H,1H3,(H6-,24,25,27,28,29,30,32,33,34,35,36,37,38,39,40)/p+1. The van der Waals surface area contributed by atoms with Crippen molar-refractivity contribution in [1.29, 1.82) is 0 Å². The Balaban J connectivity index is 1.71.